The van der Waals surface area contributed by atoms with Crippen molar-refractivity contribution in [2.45, 2.75) is 139 Å². The van der Waals surface area contributed by atoms with Crippen LogP contribution in [-0.4, -0.2) is 141 Å². The van der Waals surface area contributed by atoms with Crippen LogP contribution in [0.5, 0.6) is 0 Å². The molecule has 0 amide bonds. The Kier molecular flexibility index (Phi) is 22.0. The molecule has 49 heavy (non-hydrogen) atoms. The molecule has 8 N–H and O–H groups in total. The lowest BCUT2D eigenvalue weighted by Gasteiger charge is -2.41. The van der Waals surface area contributed by atoms with Gasteiger partial charge >= 0.3 is 5.97 Å². The van der Waals surface area contributed by atoms with Crippen molar-refractivity contribution < 1.29 is 69.3 Å². The van der Waals surface area contributed by atoms with Gasteiger partial charge < -0.3 is 64.5 Å². The summed E-state index contributed by atoms with van der Waals surface area (Å²) in [5, 5.41) is 79.8. The van der Waals surface area contributed by atoms with Crippen LogP contribution < -0.4 is 0 Å². The Bertz CT molecular complexity index is 999. The molecule has 282 valence electrons. The summed E-state index contributed by atoms with van der Waals surface area (Å²) in [5.74, 6) is -0.550. The molecule has 0 aromatic rings. The molecule has 0 saturated carbocycles. The summed E-state index contributed by atoms with van der Waals surface area (Å²) in [6, 6.07) is 0. The Morgan fingerprint density at radius 2 is 1.12 bits per heavy atom. The maximum Gasteiger partial charge on any atom is 0.305 e. The minimum absolute atomic E-state index is 0.0956. The molecule has 1 unspecified atom stereocenters. The predicted octanol–water partition coefficient (Wildman–Crippen LogP) is 0.677. The Labute approximate surface area is 288 Å². The van der Waals surface area contributed by atoms with Crippen LogP contribution in [0, 0.1) is 0 Å². The average molecular weight is 703 g/mol. The third-order valence-electron chi connectivity index (χ3n) is 8.11. The smallest absolute Gasteiger partial charge is 0.305 e. The molecule has 14 heteroatoms. The summed E-state index contributed by atoms with van der Waals surface area (Å²) in [4.78, 5) is 12.5. The lowest BCUT2D eigenvalue weighted by Crippen LogP contribution is -2.60. The summed E-state index contributed by atoms with van der Waals surface area (Å²) in [5.41, 5.74) is 0. The van der Waals surface area contributed by atoms with Crippen molar-refractivity contribution in [3.63, 3.8) is 0 Å². The van der Waals surface area contributed by atoms with E-state index in [0.29, 0.717) is 12.8 Å². The van der Waals surface area contributed by atoms with Gasteiger partial charge in [-0.1, -0.05) is 68.4 Å². The summed E-state index contributed by atoms with van der Waals surface area (Å²) in [6.07, 6.45) is 8.88. The molecule has 0 aliphatic carbocycles. The van der Waals surface area contributed by atoms with Gasteiger partial charge in [-0.15, -0.1) is 0 Å². The topological polar surface area (TPSA) is 225 Å². The third-order valence-corrected chi connectivity index (χ3v) is 8.11. The Balaban J connectivity index is 1.79. The van der Waals surface area contributed by atoms with E-state index in [4.69, 9.17) is 23.7 Å². The highest BCUT2D eigenvalue weighted by Crippen LogP contribution is 2.25. The lowest BCUT2D eigenvalue weighted by atomic mass is 9.99. The number of aliphatic hydroxyl groups excluding tert-OH is 8. The first-order valence-corrected chi connectivity index (χ1v) is 17.3. The van der Waals surface area contributed by atoms with E-state index in [-0.39, 0.29) is 6.42 Å². The number of carbonyl (C=O) groups excluding carboxylic acids is 1. The Morgan fingerprint density at radius 1 is 0.633 bits per heavy atom. The van der Waals surface area contributed by atoms with Gasteiger partial charge in [-0.3, -0.25) is 4.79 Å². The highest BCUT2D eigenvalue weighted by molar-refractivity contribution is 5.69. The van der Waals surface area contributed by atoms with Crippen molar-refractivity contribution in [3.05, 3.63) is 48.6 Å². The van der Waals surface area contributed by atoms with E-state index in [1.807, 2.05) is 12.2 Å². The second-order valence-corrected chi connectivity index (χ2v) is 12.1. The zero-order chi connectivity index (χ0) is 36.0. The second kappa shape index (κ2) is 25.0. The van der Waals surface area contributed by atoms with Gasteiger partial charge in [0.2, 0.25) is 0 Å². The van der Waals surface area contributed by atoms with Crippen molar-refractivity contribution in [1.29, 1.82) is 0 Å². The van der Waals surface area contributed by atoms with E-state index in [1.54, 1.807) is 0 Å². The number of hydrogen-bond donors (Lipinski definition) is 8. The summed E-state index contributed by atoms with van der Waals surface area (Å²) >= 11 is 0. The van der Waals surface area contributed by atoms with Crippen molar-refractivity contribution >= 4 is 5.97 Å². The molecular weight excluding hydrogens is 644 g/mol. The van der Waals surface area contributed by atoms with Crippen LogP contribution in [0.15, 0.2) is 48.6 Å². The second-order valence-electron chi connectivity index (χ2n) is 12.1. The number of hydrogen-bond acceptors (Lipinski definition) is 14. The lowest BCUT2D eigenvalue weighted by molar-refractivity contribution is -0.330. The van der Waals surface area contributed by atoms with Gasteiger partial charge in [0.15, 0.2) is 12.6 Å². The fraction of sp³-hybridized carbons (Fsp3) is 0.743. The standard InChI is InChI=1S/C35H58O14/c1-2-3-4-5-6-7-8-9-10-11-12-13-14-15-16-17-18-19-27(38)45-22-24(47-35-33(44)31(42)29(40)26(21-37)49-35)23-46-34-32(43)30(41)28(39)25(20-36)48-34/h6-7,9-10,12-13,15-16,24-26,28-37,39-44H,2-5,8,11,14,17-23H2,1H3/b7-6-,10-9-,13-12-,16-15-/t24?,25-,26-,28-,29-,30+,31+,32-,33-,34-,35-/m1/s1. The summed E-state index contributed by atoms with van der Waals surface area (Å²) in [7, 11) is 0. The van der Waals surface area contributed by atoms with E-state index >= 15 is 0 Å². The average Bonchev–Trinajstić information content (AvgIpc) is 3.10. The van der Waals surface area contributed by atoms with E-state index < -0.39 is 99.9 Å². The molecule has 0 aromatic heterocycles. The van der Waals surface area contributed by atoms with Gasteiger partial charge in [-0.05, 0) is 44.9 Å². The van der Waals surface area contributed by atoms with Gasteiger partial charge in [0.1, 0.15) is 61.5 Å². The summed E-state index contributed by atoms with van der Waals surface area (Å²) < 4.78 is 27.3. The van der Waals surface area contributed by atoms with Crippen molar-refractivity contribution in [1.82, 2.24) is 0 Å². The first-order chi connectivity index (χ1) is 23.6. The molecule has 11 atom stereocenters. The number of aliphatic hydroxyl groups is 8. The molecule has 2 fully saturated rings. The van der Waals surface area contributed by atoms with Crippen LogP contribution >= 0.6 is 0 Å². The van der Waals surface area contributed by atoms with Crippen LogP contribution in [-0.2, 0) is 28.5 Å². The fourth-order valence-electron chi connectivity index (χ4n) is 5.09. The van der Waals surface area contributed by atoms with Crippen LogP contribution in [0.25, 0.3) is 0 Å². The molecule has 0 radical (unpaired) electrons. The van der Waals surface area contributed by atoms with Crippen LogP contribution in [0.1, 0.15) is 71.1 Å². The molecule has 0 bridgehead atoms. The predicted molar refractivity (Wildman–Crippen MR) is 178 cm³/mol. The molecule has 14 nitrogen and oxygen atoms in total. The first-order valence-electron chi connectivity index (χ1n) is 17.3. The highest BCUT2D eigenvalue weighted by Gasteiger charge is 2.46. The minimum Gasteiger partial charge on any atom is -0.463 e. The van der Waals surface area contributed by atoms with E-state index in [9.17, 15) is 45.6 Å². The molecule has 2 saturated heterocycles. The molecule has 0 aromatic carbocycles. The van der Waals surface area contributed by atoms with Crippen LogP contribution in [0.3, 0.4) is 0 Å². The number of rotatable bonds is 23. The maximum atomic E-state index is 12.5. The number of carbonyl (C=O) groups is 1. The largest absolute Gasteiger partial charge is 0.463 e. The normalized spacial score (nSPS) is 31.8. The molecular formula is C35H58O14. The van der Waals surface area contributed by atoms with E-state index in [0.717, 1.165) is 25.7 Å². The number of unbranched alkanes of at least 4 members (excludes halogenated alkanes) is 4. The summed E-state index contributed by atoms with van der Waals surface area (Å²) in [6.45, 7) is -0.0452. The zero-order valence-electron chi connectivity index (χ0n) is 28.4. The third kappa shape index (κ3) is 15.8. The molecule has 2 rings (SSSR count). The van der Waals surface area contributed by atoms with Gasteiger partial charge in [0, 0.05) is 6.42 Å². The maximum absolute atomic E-state index is 12.5. The Morgan fingerprint density at radius 3 is 1.65 bits per heavy atom. The first kappa shape index (κ1) is 43.1. The molecule has 2 aliphatic rings. The van der Waals surface area contributed by atoms with Gasteiger partial charge in [-0.25, -0.2) is 0 Å². The number of ether oxygens (including phenoxy) is 5. The highest BCUT2D eigenvalue weighted by atomic mass is 16.7. The van der Waals surface area contributed by atoms with Crippen LogP contribution in [0.2, 0.25) is 0 Å². The Hall–Kier alpha value is -2.05. The molecule has 0 spiro atoms. The molecule has 2 aliphatic heterocycles. The SMILES string of the molecule is CCCCC/C=C\C/C=C\C/C=C\C/C=C\CCCC(=O)OCC(CO[C@@H]1O[C@H](CO)[C@@H](O)[C@H](O)[C@H]1O)O[C@@H]1O[C@H](CO)[C@@H](O)[C@H](O)[C@H]1O. The molecule has 2 heterocycles. The monoisotopic (exact) mass is 702 g/mol. The minimum atomic E-state index is -1.74. The zero-order valence-corrected chi connectivity index (χ0v) is 28.4. The van der Waals surface area contributed by atoms with Gasteiger partial charge in [-0.2, -0.15) is 0 Å². The van der Waals surface area contributed by atoms with E-state index in [1.165, 1.54) is 19.3 Å². The van der Waals surface area contributed by atoms with Crippen molar-refractivity contribution in [2.75, 3.05) is 26.4 Å². The van der Waals surface area contributed by atoms with E-state index in [2.05, 4.69) is 43.4 Å². The van der Waals surface area contributed by atoms with Gasteiger partial charge in [0.25, 0.3) is 0 Å². The van der Waals surface area contributed by atoms with Gasteiger partial charge in [0.05, 0.1) is 19.8 Å². The van der Waals surface area contributed by atoms with Crippen molar-refractivity contribution in [3.8, 4) is 0 Å². The number of allylic oxidation sites excluding steroid dienone is 8. The fourth-order valence-corrected chi connectivity index (χ4v) is 5.09. The number of esters is 1. The van der Waals surface area contributed by atoms with Crippen LogP contribution in [0.4, 0.5) is 0 Å². The quantitative estimate of drug-likeness (QED) is 0.0417. The van der Waals surface area contributed by atoms with Crippen molar-refractivity contribution in [2.24, 2.45) is 0 Å².